The first-order valence-electron chi connectivity index (χ1n) is 4.37. The van der Waals surface area contributed by atoms with Gasteiger partial charge in [-0.2, -0.15) is 0 Å². The predicted molar refractivity (Wildman–Crippen MR) is 47.5 cm³/mol. The Kier molecular flexibility index (Phi) is 4.96. The molecule has 62 valence electrons. The first-order chi connectivity index (χ1) is 4.68. The SMILES string of the molecule is CCCC[Si](F)(CC)CC. The Hall–Kier alpha value is 0.147. The van der Waals surface area contributed by atoms with Crippen molar-refractivity contribution in [3.05, 3.63) is 0 Å². The molecule has 0 fully saturated rings. The van der Waals surface area contributed by atoms with E-state index >= 15 is 0 Å². The van der Waals surface area contributed by atoms with Crippen LogP contribution >= 0.6 is 0 Å². The van der Waals surface area contributed by atoms with E-state index in [-0.39, 0.29) is 0 Å². The van der Waals surface area contributed by atoms with Gasteiger partial charge in [-0.1, -0.05) is 33.6 Å². The molecule has 0 heterocycles. The van der Waals surface area contributed by atoms with E-state index in [4.69, 9.17) is 0 Å². The molecule has 0 saturated carbocycles. The highest BCUT2D eigenvalue weighted by molar-refractivity contribution is 6.73. The third-order valence-electron chi connectivity index (χ3n) is 2.25. The Balaban J connectivity index is 3.58. The first-order valence-corrected chi connectivity index (χ1v) is 6.87. The van der Waals surface area contributed by atoms with Crippen molar-refractivity contribution in [3.8, 4) is 0 Å². The molecule has 0 rings (SSSR count). The normalized spacial score (nSPS) is 12.0. The summed E-state index contributed by atoms with van der Waals surface area (Å²) in [6.07, 6.45) is 2.23. The quantitative estimate of drug-likeness (QED) is 0.427. The summed E-state index contributed by atoms with van der Waals surface area (Å²) >= 11 is 0. The Morgan fingerprint density at radius 1 is 1.10 bits per heavy atom. The van der Waals surface area contributed by atoms with Crippen LogP contribution in [0.4, 0.5) is 4.11 Å². The number of hydrogen-bond acceptors (Lipinski definition) is 0. The molecule has 0 saturated heterocycles. The van der Waals surface area contributed by atoms with E-state index in [2.05, 4.69) is 6.92 Å². The lowest BCUT2D eigenvalue weighted by Crippen LogP contribution is -2.25. The van der Waals surface area contributed by atoms with Gasteiger partial charge < -0.3 is 4.11 Å². The number of unbranched alkanes of at least 4 members (excludes halogenated alkanes) is 1. The summed E-state index contributed by atoms with van der Waals surface area (Å²) in [5, 5.41) is 0. The van der Waals surface area contributed by atoms with Crippen molar-refractivity contribution >= 4 is 8.41 Å². The van der Waals surface area contributed by atoms with Crippen molar-refractivity contribution in [2.75, 3.05) is 0 Å². The van der Waals surface area contributed by atoms with E-state index in [1.165, 1.54) is 0 Å². The van der Waals surface area contributed by atoms with E-state index in [9.17, 15) is 4.11 Å². The summed E-state index contributed by atoms with van der Waals surface area (Å²) in [7, 11) is -2.22. The van der Waals surface area contributed by atoms with E-state index in [0.717, 1.165) is 31.0 Å². The highest BCUT2D eigenvalue weighted by Crippen LogP contribution is 2.23. The number of rotatable bonds is 5. The molecule has 0 aliphatic heterocycles. The van der Waals surface area contributed by atoms with Crippen LogP contribution in [-0.2, 0) is 0 Å². The fourth-order valence-corrected chi connectivity index (χ4v) is 3.29. The fraction of sp³-hybridized carbons (Fsp3) is 1.00. The Morgan fingerprint density at radius 2 is 1.60 bits per heavy atom. The summed E-state index contributed by atoms with van der Waals surface area (Å²) in [6.45, 7) is 6.11. The number of hydrogen-bond donors (Lipinski definition) is 0. The third kappa shape index (κ3) is 3.35. The molecule has 0 radical (unpaired) electrons. The highest BCUT2D eigenvalue weighted by Gasteiger charge is 2.28. The molecule has 0 aromatic rings. The molecule has 0 N–H and O–H groups in total. The van der Waals surface area contributed by atoms with E-state index in [1.807, 2.05) is 13.8 Å². The summed E-state index contributed by atoms with van der Waals surface area (Å²) in [5.74, 6) is 0. The van der Waals surface area contributed by atoms with Gasteiger partial charge in [0.05, 0.1) is 0 Å². The zero-order valence-electron chi connectivity index (χ0n) is 7.41. The van der Waals surface area contributed by atoms with Crippen molar-refractivity contribution in [2.24, 2.45) is 0 Å². The molecule has 0 aromatic heterocycles. The van der Waals surface area contributed by atoms with Gasteiger partial charge in [-0.15, -0.1) is 0 Å². The molecule has 0 aromatic carbocycles. The third-order valence-corrected chi connectivity index (χ3v) is 6.03. The van der Waals surface area contributed by atoms with Crippen LogP contribution in [-0.4, -0.2) is 8.41 Å². The van der Waals surface area contributed by atoms with Crippen LogP contribution in [0.5, 0.6) is 0 Å². The van der Waals surface area contributed by atoms with Crippen molar-refractivity contribution in [2.45, 2.75) is 51.7 Å². The van der Waals surface area contributed by atoms with Crippen molar-refractivity contribution in [1.29, 1.82) is 0 Å². The molecule has 2 heteroatoms. The summed E-state index contributed by atoms with van der Waals surface area (Å²) in [5.41, 5.74) is 0. The molecular formula is C8H19FSi. The Labute approximate surface area is 65.0 Å². The van der Waals surface area contributed by atoms with Crippen LogP contribution in [0.1, 0.15) is 33.6 Å². The second kappa shape index (κ2) is 4.89. The van der Waals surface area contributed by atoms with Gasteiger partial charge >= 0.3 is 0 Å². The van der Waals surface area contributed by atoms with Crippen LogP contribution in [0.25, 0.3) is 0 Å². The van der Waals surface area contributed by atoms with Crippen molar-refractivity contribution in [3.63, 3.8) is 0 Å². The minimum absolute atomic E-state index is 0.809. The Morgan fingerprint density at radius 3 is 1.90 bits per heavy atom. The highest BCUT2D eigenvalue weighted by atomic mass is 28.4. The molecular weight excluding hydrogens is 143 g/mol. The summed E-state index contributed by atoms with van der Waals surface area (Å²) in [6, 6.07) is 2.50. The first kappa shape index (κ1) is 10.1. The fourth-order valence-electron chi connectivity index (χ4n) is 1.10. The zero-order chi connectivity index (χ0) is 8.04. The standard InChI is InChI=1S/C8H19FSi/c1-4-7-8-10(9,5-2)6-3/h4-8H2,1-3H3. The smallest absolute Gasteiger partial charge is 0.246 e. The lowest BCUT2D eigenvalue weighted by molar-refractivity contribution is 0.719. The monoisotopic (exact) mass is 162 g/mol. The van der Waals surface area contributed by atoms with Crippen LogP contribution in [0.3, 0.4) is 0 Å². The van der Waals surface area contributed by atoms with Gasteiger partial charge in [0.15, 0.2) is 0 Å². The molecule has 0 nitrogen and oxygen atoms in total. The largest absolute Gasteiger partial charge is 0.314 e. The van der Waals surface area contributed by atoms with E-state index < -0.39 is 8.41 Å². The van der Waals surface area contributed by atoms with Crippen LogP contribution in [0.15, 0.2) is 0 Å². The molecule has 10 heavy (non-hydrogen) atoms. The maximum Gasteiger partial charge on any atom is 0.246 e. The second-order valence-electron chi connectivity index (χ2n) is 2.96. The van der Waals surface area contributed by atoms with E-state index in [0.29, 0.717) is 0 Å². The van der Waals surface area contributed by atoms with Gasteiger partial charge in [0.1, 0.15) is 0 Å². The zero-order valence-corrected chi connectivity index (χ0v) is 8.41. The van der Waals surface area contributed by atoms with Gasteiger partial charge in [-0.3, -0.25) is 0 Å². The van der Waals surface area contributed by atoms with Gasteiger partial charge in [0, 0.05) is 0 Å². The molecule has 0 unspecified atom stereocenters. The van der Waals surface area contributed by atoms with Gasteiger partial charge in [0.2, 0.25) is 8.41 Å². The van der Waals surface area contributed by atoms with Gasteiger partial charge in [-0.05, 0) is 18.1 Å². The molecule has 0 amide bonds. The number of halogens is 1. The molecule has 0 aliphatic carbocycles. The Bertz CT molecular complexity index is 79.3. The molecule has 0 aliphatic rings. The summed E-state index contributed by atoms with van der Waals surface area (Å²) < 4.78 is 13.6. The van der Waals surface area contributed by atoms with Crippen LogP contribution in [0.2, 0.25) is 18.1 Å². The second-order valence-corrected chi connectivity index (χ2v) is 7.18. The maximum absolute atomic E-state index is 13.6. The average Bonchev–Trinajstić information content (AvgIpc) is 2.00. The molecule has 0 bridgehead atoms. The van der Waals surface area contributed by atoms with Crippen LogP contribution in [0, 0.1) is 0 Å². The average molecular weight is 162 g/mol. The maximum atomic E-state index is 13.6. The minimum Gasteiger partial charge on any atom is -0.314 e. The van der Waals surface area contributed by atoms with Gasteiger partial charge in [0.25, 0.3) is 0 Å². The van der Waals surface area contributed by atoms with Crippen LogP contribution < -0.4 is 0 Å². The minimum atomic E-state index is -2.22. The molecule has 0 atom stereocenters. The van der Waals surface area contributed by atoms with E-state index in [1.54, 1.807) is 0 Å². The predicted octanol–water partition coefficient (Wildman–Crippen LogP) is 3.74. The van der Waals surface area contributed by atoms with Gasteiger partial charge in [-0.25, -0.2) is 0 Å². The lowest BCUT2D eigenvalue weighted by atomic mass is 10.4. The topological polar surface area (TPSA) is 0 Å². The lowest BCUT2D eigenvalue weighted by Gasteiger charge is -2.17. The van der Waals surface area contributed by atoms with Crippen molar-refractivity contribution in [1.82, 2.24) is 0 Å². The summed E-state index contributed by atoms with van der Waals surface area (Å²) in [4.78, 5) is 0. The molecule has 0 spiro atoms. The van der Waals surface area contributed by atoms with Crippen molar-refractivity contribution < 1.29 is 4.11 Å².